The zero-order valence-corrected chi connectivity index (χ0v) is 28.9. The number of hydrogen-bond acceptors (Lipinski definition) is 4. The number of rotatable bonds is 0. The van der Waals surface area contributed by atoms with Crippen LogP contribution in [0.1, 0.15) is 142 Å². The average Bonchev–Trinajstić information content (AvgIpc) is 2.85. The van der Waals surface area contributed by atoms with Gasteiger partial charge in [-0.1, -0.05) is 0 Å². The van der Waals surface area contributed by atoms with E-state index in [-0.39, 0.29) is 33.7 Å². The van der Waals surface area contributed by atoms with E-state index >= 15 is 0 Å². The molecule has 4 nitrogen and oxygen atoms in total. The third kappa shape index (κ3) is 7.47. The molecular weight excluding hydrogens is 519 g/mol. The van der Waals surface area contributed by atoms with Gasteiger partial charge in [0.25, 0.3) is 0 Å². The first-order valence-electron chi connectivity index (χ1n) is 15.4. The molecule has 1 fully saturated rings. The molecule has 4 rings (SSSR count). The first-order chi connectivity index (χ1) is 18.9. The zero-order valence-electron chi connectivity index (χ0n) is 27.7. The molecule has 0 amide bonds. The predicted octanol–water partition coefficient (Wildman–Crippen LogP) is 9.03. The maximum absolute atomic E-state index is 6.71. The van der Waals surface area contributed by atoms with Crippen molar-refractivity contribution in [2.45, 2.75) is 143 Å². The second-order valence-corrected chi connectivity index (χ2v) is 16.9. The Morgan fingerprint density at radius 3 is 1.24 bits per heavy atom. The van der Waals surface area contributed by atoms with E-state index in [0.717, 1.165) is 35.5 Å². The van der Waals surface area contributed by atoms with Crippen molar-refractivity contribution in [3.8, 4) is 11.5 Å². The third-order valence-electron chi connectivity index (χ3n) is 8.42. The molecule has 1 saturated carbocycles. The van der Waals surface area contributed by atoms with Gasteiger partial charge in [-0.25, -0.2) is 0 Å². The van der Waals surface area contributed by atoms with E-state index in [0.29, 0.717) is 0 Å². The quantitative estimate of drug-likeness (QED) is 0.296. The van der Waals surface area contributed by atoms with Crippen LogP contribution in [-0.4, -0.2) is 40.4 Å². The fraction of sp³-hybridized carbons (Fsp3) is 0.611. The van der Waals surface area contributed by atoms with Gasteiger partial charge in [0.1, 0.15) is 0 Å². The van der Waals surface area contributed by atoms with Crippen molar-refractivity contribution in [3.63, 3.8) is 0 Å². The summed E-state index contributed by atoms with van der Waals surface area (Å²) in [7, 11) is 0. The van der Waals surface area contributed by atoms with Gasteiger partial charge in [0.2, 0.25) is 0 Å². The van der Waals surface area contributed by atoms with Crippen LogP contribution >= 0.6 is 0 Å². The molecule has 2 aliphatic rings. The Bertz CT molecular complexity index is 1210. The van der Waals surface area contributed by atoms with Crippen LogP contribution in [0.5, 0.6) is 11.5 Å². The molecule has 0 bridgehead atoms. The van der Waals surface area contributed by atoms with Gasteiger partial charge in [0.15, 0.2) is 0 Å². The molecule has 5 heteroatoms. The third-order valence-corrected chi connectivity index (χ3v) is 9.08. The van der Waals surface area contributed by atoms with Crippen molar-refractivity contribution >= 4 is 28.3 Å². The van der Waals surface area contributed by atoms with Crippen LogP contribution in [0.25, 0.3) is 0 Å². The Morgan fingerprint density at radius 1 is 0.561 bits per heavy atom. The molecule has 1 heterocycles. The van der Waals surface area contributed by atoms with E-state index in [1.165, 1.54) is 35.1 Å². The van der Waals surface area contributed by atoms with Gasteiger partial charge >= 0.3 is 258 Å². The van der Waals surface area contributed by atoms with E-state index in [1.54, 1.807) is 0 Å². The topological polar surface area (TPSA) is 43.2 Å². The van der Waals surface area contributed by atoms with Crippen molar-refractivity contribution in [1.29, 1.82) is 0 Å². The molecule has 2 unspecified atom stereocenters. The Labute approximate surface area is 256 Å². The van der Waals surface area contributed by atoms with Gasteiger partial charge < -0.3 is 0 Å². The van der Waals surface area contributed by atoms with Crippen LogP contribution in [0, 0.1) is 0 Å². The standard InChI is InChI=1S/C36H54N2O2.Al/c1-33(2,3)25-17-23(31(39)27(19-25)35(7,8)9)21-37-29-15-13-14-16-30(29)38-22-24-18-26(34(4,5)6)20-28(32(24)40)36(10,11)12;/h17-22,29-30,39-40H,13-16H2,1-12H3;/q;+3/p-2. The van der Waals surface area contributed by atoms with Gasteiger partial charge in [0.05, 0.1) is 0 Å². The van der Waals surface area contributed by atoms with Crippen LogP contribution < -0.4 is 7.58 Å². The fourth-order valence-corrected chi connectivity index (χ4v) is 6.42. The average molecular weight is 572 g/mol. The fourth-order valence-electron chi connectivity index (χ4n) is 5.65. The minimum atomic E-state index is -0.818. The van der Waals surface area contributed by atoms with Gasteiger partial charge in [0, 0.05) is 0 Å². The number of nitrogens with zero attached hydrogens (tertiary/aromatic N) is 2. The SMILES string of the molecule is CC(C)(C)c1cc2c(c(C(C)(C)C)c1)[O][Al+][O]c1c(cc(C(C)(C)C)cc1C(C)(C)C)C=NC1CCCCC1N=C2. The van der Waals surface area contributed by atoms with Crippen molar-refractivity contribution in [2.75, 3.05) is 0 Å². The van der Waals surface area contributed by atoms with E-state index in [1.807, 2.05) is 0 Å². The number of aliphatic imine (C=N–C) groups is 2. The Morgan fingerprint density at radius 2 is 0.927 bits per heavy atom. The Hall–Kier alpha value is -2.09. The summed E-state index contributed by atoms with van der Waals surface area (Å²) in [6.45, 7) is 27.2. The van der Waals surface area contributed by atoms with Gasteiger partial charge in [-0.15, -0.1) is 0 Å². The van der Waals surface area contributed by atoms with Gasteiger partial charge in [-0.2, -0.15) is 0 Å². The van der Waals surface area contributed by atoms with Gasteiger partial charge in [-0.05, 0) is 0 Å². The number of benzene rings is 2. The summed E-state index contributed by atoms with van der Waals surface area (Å²) in [5.41, 5.74) is 6.91. The molecule has 0 N–H and O–H groups in total. The summed E-state index contributed by atoms with van der Waals surface area (Å²) in [6, 6.07) is 9.54. The summed E-state index contributed by atoms with van der Waals surface area (Å²) in [6.07, 6.45) is 8.65. The van der Waals surface area contributed by atoms with E-state index in [4.69, 9.17) is 17.6 Å². The molecule has 0 spiro atoms. The van der Waals surface area contributed by atoms with Crippen molar-refractivity contribution < 1.29 is 7.58 Å². The summed E-state index contributed by atoms with van der Waals surface area (Å²) in [5, 5.41) is 0. The first-order valence-corrected chi connectivity index (χ1v) is 16.4. The van der Waals surface area contributed by atoms with Crippen LogP contribution in [0.3, 0.4) is 0 Å². The number of fused-ring (bicyclic) bond motifs is 3. The first kappa shape index (κ1) is 31.8. The van der Waals surface area contributed by atoms with Crippen LogP contribution in [0.15, 0.2) is 34.3 Å². The molecule has 41 heavy (non-hydrogen) atoms. The van der Waals surface area contributed by atoms with E-state index in [9.17, 15) is 0 Å². The molecule has 2 atom stereocenters. The van der Waals surface area contributed by atoms with Crippen LogP contribution in [0.2, 0.25) is 0 Å². The summed E-state index contributed by atoms with van der Waals surface area (Å²) in [5.74, 6) is 1.81. The molecule has 220 valence electrons. The molecule has 1 aliphatic heterocycles. The van der Waals surface area contributed by atoms with E-state index < -0.39 is 15.9 Å². The molecular formula is C36H52AlN2O2+. The monoisotopic (exact) mass is 571 g/mol. The normalized spacial score (nSPS) is 20.0. The number of hydrogen-bond donors (Lipinski definition) is 0. The summed E-state index contributed by atoms with van der Waals surface area (Å²) < 4.78 is 13.4. The molecule has 0 radical (unpaired) electrons. The second kappa shape index (κ2) is 11.5. The van der Waals surface area contributed by atoms with Crippen LogP contribution in [0.4, 0.5) is 0 Å². The van der Waals surface area contributed by atoms with Crippen molar-refractivity contribution in [2.24, 2.45) is 9.98 Å². The molecule has 2 aromatic carbocycles. The summed E-state index contributed by atoms with van der Waals surface area (Å²) >= 11 is -0.818. The second-order valence-electron chi connectivity index (χ2n) is 16.2. The zero-order chi connectivity index (χ0) is 30.4. The molecule has 0 aromatic heterocycles. The van der Waals surface area contributed by atoms with Crippen molar-refractivity contribution in [3.05, 3.63) is 57.6 Å². The maximum atomic E-state index is 6.71. The summed E-state index contributed by atoms with van der Waals surface area (Å²) in [4.78, 5) is 10.4. The molecule has 1 aliphatic carbocycles. The molecule has 2 aromatic rings. The Balaban J connectivity index is 1.95. The van der Waals surface area contributed by atoms with Gasteiger partial charge in [-0.3, -0.25) is 0 Å². The van der Waals surface area contributed by atoms with Crippen molar-refractivity contribution in [1.82, 2.24) is 0 Å². The molecule has 0 saturated heterocycles. The Kier molecular flexibility index (Phi) is 8.96. The van der Waals surface area contributed by atoms with Crippen LogP contribution in [-0.2, 0) is 21.7 Å². The predicted molar refractivity (Wildman–Crippen MR) is 176 cm³/mol. The van der Waals surface area contributed by atoms with E-state index in [2.05, 4.69) is 120 Å². The minimum absolute atomic E-state index is 0.0103.